The fraction of sp³-hybridized carbons (Fsp3) is 0.0364. The van der Waals surface area contributed by atoms with Gasteiger partial charge < -0.3 is 10.2 Å². The third-order valence-electron chi connectivity index (χ3n) is 12.6. The lowest BCUT2D eigenvalue weighted by molar-refractivity contribution is 0.104. The average molecular weight is 971 g/mol. The molecule has 1 aliphatic carbocycles. The van der Waals surface area contributed by atoms with Gasteiger partial charge in [-0.2, -0.15) is 20.5 Å². The Bertz CT molecular complexity index is 4250. The van der Waals surface area contributed by atoms with Crippen LogP contribution in [0.15, 0.2) is 187 Å². The van der Waals surface area contributed by atoms with Crippen LogP contribution in [0.4, 0.5) is 45.5 Å². The van der Waals surface area contributed by atoms with Gasteiger partial charge in [0.2, 0.25) is 0 Å². The van der Waals surface area contributed by atoms with Crippen molar-refractivity contribution in [1.29, 1.82) is 0 Å². The number of nitrogens with zero attached hydrogens (tertiary/aromatic N) is 9. The molecular formula is C55H33Cl2N9O5. The highest BCUT2D eigenvalue weighted by Gasteiger charge is 2.28. The number of imidazole rings is 1. The molecule has 0 saturated carbocycles. The Morgan fingerprint density at radius 3 is 2.00 bits per heavy atom. The summed E-state index contributed by atoms with van der Waals surface area (Å²) in [5.41, 5.74) is 8.04. The van der Waals surface area contributed by atoms with Crippen LogP contribution in [0.5, 0.6) is 11.5 Å². The number of aryl methyl sites for hydroxylation is 1. The first kappa shape index (κ1) is 43.3. The van der Waals surface area contributed by atoms with Gasteiger partial charge >= 0.3 is 0 Å². The summed E-state index contributed by atoms with van der Waals surface area (Å²) in [6.45, 7) is 1.86. The Balaban J connectivity index is 0.787. The van der Waals surface area contributed by atoms with Gasteiger partial charge in [0.25, 0.3) is 5.56 Å². The van der Waals surface area contributed by atoms with Crippen molar-refractivity contribution in [1.82, 2.24) is 9.38 Å². The zero-order chi connectivity index (χ0) is 48.7. The van der Waals surface area contributed by atoms with Gasteiger partial charge in [0, 0.05) is 32.7 Å². The molecule has 2 N–H and O–H groups in total. The standard InChI is InChI=1S/C55H33Cl2N9O5/c1-28-22-30(16-21-44(28)62-63-50-37-10-7-11-38-49(37)41(27-48(50)67)55(70)65-46-13-6-5-12-45(46)58-54(38)65)59-60-31-14-18-35-36-19-15-32(25-40(36)52(68)39(35)24-31)61-64-51-34-9-4-3-8-29(34)23-47(53(51)69)66(71-2)33-17-20-42(56)43(57)26-33/h3-27,67,69H,1-2H3. The third-order valence-corrected chi connectivity index (χ3v) is 13.4. The van der Waals surface area contributed by atoms with Gasteiger partial charge in [-0.3, -0.25) is 18.8 Å². The minimum Gasteiger partial charge on any atom is -0.506 e. The van der Waals surface area contributed by atoms with E-state index in [1.807, 2.05) is 91.9 Å². The smallest absolute Gasteiger partial charge is 0.264 e. The quantitative estimate of drug-likeness (QED) is 0.107. The summed E-state index contributed by atoms with van der Waals surface area (Å²) in [7, 11) is 1.47. The van der Waals surface area contributed by atoms with E-state index in [0.717, 1.165) is 27.5 Å². The minimum atomic E-state index is -0.280. The number of phenolic OH excluding ortho intramolecular Hbond substituents is 2. The topological polar surface area (TPSA) is 179 Å². The maximum Gasteiger partial charge on any atom is 0.264 e. The number of aromatic nitrogens is 2. The van der Waals surface area contributed by atoms with Crippen LogP contribution in [0.1, 0.15) is 21.5 Å². The highest BCUT2D eigenvalue weighted by molar-refractivity contribution is 6.42. The number of aromatic hydroxyl groups is 2. The monoisotopic (exact) mass is 969 g/mol. The van der Waals surface area contributed by atoms with Crippen LogP contribution >= 0.6 is 23.2 Å². The second-order valence-corrected chi connectivity index (χ2v) is 17.6. The van der Waals surface area contributed by atoms with Crippen LogP contribution in [0.25, 0.3) is 60.1 Å². The van der Waals surface area contributed by atoms with Crippen molar-refractivity contribution < 1.29 is 19.8 Å². The summed E-state index contributed by atoms with van der Waals surface area (Å²) in [5, 5.41) is 55.7. The Kier molecular flexibility index (Phi) is 10.3. The van der Waals surface area contributed by atoms with E-state index in [4.69, 9.17) is 33.0 Å². The number of rotatable bonds is 9. The molecule has 1 aliphatic rings. The van der Waals surface area contributed by atoms with Crippen LogP contribution in [0, 0.1) is 6.92 Å². The number of fused-ring (bicyclic) bond motifs is 8. The highest BCUT2D eigenvalue weighted by Crippen LogP contribution is 2.48. The van der Waals surface area contributed by atoms with Crippen LogP contribution in [-0.4, -0.2) is 32.5 Å². The molecule has 11 aromatic rings. The average Bonchev–Trinajstić information content (AvgIpc) is 3.91. The summed E-state index contributed by atoms with van der Waals surface area (Å²) in [5.74, 6) is -0.561. The molecule has 71 heavy (non-hydrogen) atoms. The predicted molar refractivity (Wildman–Crippen MR) is 277 cm³/mol. The lowest BCUT2D eigenvalue weighted by Crippen LogP contribution is -2.15. The number of carbonyl (C=O) groups is 1. The summed E-state index contributed by atoms with van der Waals surface area (Å²) in [4.78, 5) is 38.2. The van der Waals surface area contributed by atoms with E-state index in [2.05, 4.69) is 30.7 Å². The lowest BCUT2D eigenvalue weighted by atomic mass is 10.0. The van der Waals surface area contributed by atoms with Crippen molar-refractivity contribution in [2.45, 2.75) is 6.92 Å². The Morgan fingerprint density at radius 1 is 0.592 bits per heavy atom. The molecule has 16 heteroatoms. The maximum absolute atomic E-state index is 13.9. The molecule has 0 spiro atoms. The van der Waals surface area contributed by atoms with Gasteiger partial charge in [-0.05, 0) is 114 Å². The molecule has 342 valence electrons. The number of benzene rings is 9. The lowest BCUT2D eigenvalue weighted by Gasteiger charge is -2.24. The number of pyridine rings is 1. The molecule has 0 bridgehead atoms. The fourth-order valence-electron chi connectivity index (χ4n) is 9.28. The van der Waals surface area contributed by atoms with Crippen molar-refractivity contribution in [3.8, 4) is 22.6 Å². The van der Waals surface area contributed by atoms with Crippen molar-refractivity contribution in [2.75, 3.05) is 12.2 Å². The fourth-order valence-corrected chi connectivity index (χ4v) is 9.57. The van der Waals surface area contributed by atoms with Crippen molar-refractivity contribution in [3.05, 3.63) is 189 Å². The molecule has 0 saturated heterocycles. The Morgan fingerprint density at radius 2 is 1.25 bits per heavy atom. The van der Waals surface area contributed by atoms with E-state index < -0.39 is 0 Å². The van der Waals surface area contributed by atoms with Gasteiger partial charge in [0.05, 0.1) is 62.0 Å². The normalized spacial score (nSPS) is 12.6. The van der Waals surface area contributed by atoms with Gasteiger partial charge in [-0.15, -0.1) is 10.2 Å². The van der Waals surface area contributed by atoms with Crippen molar-refractivity contribution >= 4 is 123 Å². The Labute approximate surface area is 412 Å². The van der Waals surface area contributed by atoms with E-state index in [1.54, 1.807) is 65.1 Å². The molecular weight excluding hydrogens is 938 g/mol. The minimum absolute atomic E-state index is 0.176. The SMILES string of the molecule is CON(c1ccc(Cl)c(Cl)c1)c1cc2ccccc2c(N=Nc2ccc3c(c2)C(=O)c2cc(N=Nc4ccc(N=Nc5c(O)cc6c(=O)n7c8ccccc8nc7c7cccc5c67)c(C)c4)ccc2-3)c1O. The maximum atomic E-state index is 13.9. The zero-order valence-corrected chi connectivity index (χ0v) is 38.8. The summed E-state index contributed by atoms with van der Waals surface area (Å²) >= 11 is 12.5. The van der Waals surface area contributed by atoms with Crippen molar-refractivity contribution in [3.63, 3.8) is 0 Å². The van der Waals surface area contributed by atoms with E-state index in [1.165, 1.54) is 18.2 Å². The number of carbonyl (C=O) groups excluding carboxylic acids is 1. The van der Waals surface area contributed by atoms with Gasteiger partial charge in [0.15, 0.2) is 11.5 Å². The first-order valence-electron chi connectivity index (χ1n) is 22.1. The summed E-state index contributed by atoms with van der Waals surface area (Å²) < 4.78 is 1.58. The van der Waals surface area contributed by atoms with Gasteiger partial charge in [0.1, 0.15) is 28.5 Å². The van der Waals surface area contributed by atoms with Crippen LogP contribution in [0.3, 0.4) is 0 Å². The van der Waals surface area contributed by atoms with Crippen LogP contribution < -0.4 is 10.6 Å². The molecule has 0 fully saturated rings. The van der Waals surface area contributed by atoms with E-state index in [-0.39, 0.29) is 34.2 Å². The second-order valence-electron chi connectivity index (χ2n) is 16.8. The van der Waals surface area contributed by atoms with Crippen LogP contribution in [-0.2, 0) is 4.84 Å². The summed E-state index contributed by atoms with van der Waals surface area (Å²) in [6, 6.07) is 44.6. The number of azo groups is 3. The molecule has 0 atom stereocenters. The molecule has 2 heterocycles. The zero-order valence-electron chi connectivity index (χ0n) is 37.3. The second kappa shape index (κ2) is 16.9. The molecule has 14 nitrogen and oxygen atoms in total. The molecule has 9 aromatic carbocycles. The van der Waals surface area contributed by atoms with Crippen LogP contribution in [0.2, 0.25) is 10.0 Å². The number of halogens is 2. The number of ketones is 1. The Hall–Kier alpha value is -8.95. The van der Waals surface area contributed by atoms with Crippen molar-refractivity contribution in [2.24, 2.45) is 30.7 Å². The third kappa shape index (κ3) is 7.19. The number of phenols is 2. The number of anilines is 2. The highest BCUT2D eigenvalue weighted by atomic mass is 35.5. The first-order valence-corrected chi connectivity index (χ1v) is 22.8. The number of para-hydroxylation sites is 2. The molecule has 12 rings (SSSR count). The molecule has 0 aliphatic heterocycles. The largest absolute Gasteiger partial charge is 0.506 e. The number of hydrogen-bond donors (Lipinski definition) is 2. The van der Waals surface area contributed by atoms with E-state index >= 15 is 0 Å². The van der Waals surface area contributed by atoms with Gasteiger partial charge in [-0.1, -0.05) is 89.9 Å². The molecule has 0 unspecified atom stereocenters. The molecule has 2 aromatic heterocycles. The van der Waals surface area contributed by atoms with Gasteiger partial charge in [-0.25, -0.2) is 10.0 Å². The summed E-state index contributed by atoms with van der Waals surface area (Å²) in [6.07, 6.45) is 0. The van der Waals surface area contributed by atoms with E-state index in [9.17, 15) is 19.8 Å². The first-order chi connectivity index (χ1) is 34.5. The van der Waals surface area contributed by atoms with E-state index in [0.29, 0.717) is 93.5 Å². The number of hydrogen-bond acceptors (Lipinski definition) is 13. The predicted octanol–water partition coefficient (Wildman–Crippen LogP) is 15.9. The molecule has 0 radical (unpaired) electrons. The molecule has 0 amide bonds.